The van der Waals surface area contributed by atoms with E-state index in [4.69, 9.17) is 10.5 Å². The van der Waals surface area contributed by atoms with Gasteiger partial charge in [0.25, 0.3) is 0 Å². The quantitative estimate of drug-likeness (QED) is 0.636. The van der Waals surface area contributed by atoms with Crippen LogP contribution in [-0.4, -0.2) is 55.7 Å². The normalized spacial score (nSPS) is 18.4. The summed E-state index contributed by atoms with van der Waals surface area (Å²) in [4.78, 5) is 13.8. The van der Waals surface area contributed by atoms with E-state index in [1.807, 2.05) is 6.92 Å². The number of methoxy groups -OCH3 is 1. The van der Waals surface area contributed by atoms with E-state index in [0.717, 1.165) is 6.54 Å². The van der Waals surface area contributed by atoms with Crippen molar-refractivity contribution in [3.8, 4) is 0 Å². The molecule has 3 N–H and O–H groups in total. The third-order valence-electron chi connectivity index (χ3n) is 3.70. The van der Waals surface area contributed by atoms with Crippen molar-refractivity contribution in [2.24, 2.45) is 5.73 Å². The second-order valence-corrected chi connectivity index (χ2v) is 5.13. The van der Waals surface area contributed by atoms with Crippen LogP contribution in [0.3, 0.4) is 0 Å². The zero-order valence-electron chi connectivity index (χ0n) is 12.6. The number of primary amides is 1. The SMILES string of the molecule is CCN(C(C)COC)C(C)CC(C)(NC)C(N)=O. The minimum atomic E-state index is -0.667. The molecule has 0 fully saturated rings. The Balaban J connectivity index is 4.70. The lowest BCUT2D eigenvalue weighted by Gasteiger charge is -2.37. The molecule has 0 heterocycles. The van der Waals surface area contributed by atoms with Crippen molar-refractivity contribution in [1.29, 1.82) is 0 Å². The summed E-state index contributed by atoms with van der Waals surface area (Å²) in [5.74, 6) is -0.313. The molecule has 0 aliphatic heterocycles. The molecule has 1 amide bonds. The molecule has 3 unspecified atom stereocenters. The molecule has 0 saturated heterocycles. The van der Waals surface area contributed by atoms with Gasteiger partial charge in [-0.2, -0.15) is 0 Å². The summed E-state index contributed by atoms with van der Waals surface area (Å²) in [7, 11) is 3.47. The summed E-state index contributed by atoms with van der Waals surface area (Å²) in [5, 5.41) is 3.03. The van der Waals surface area contributed by atoms with Crippen LogP contribution in [-0.2, 0) is 9.53 Å². The number of amides is 1. The Morgan fingerprint density at radius 3 is 2.33 bits per heavy atom. The first-order valence-electron chi connectivity index (χ1n) is 6.55. The van der Waals surface area contributed by atoms with E-state index in [1.54, 1.807) is 14.2 Å². The highest BCUT2D eigenvalue weighted by Gasteiger charge is 2.33. The van der Waals surface area contributed by atoms with Gasteiger partial charge in [-0.1, -0.05) is 6.92 Å². The van der Waals surface area contributed by atoms with Crippen molar-refractivity contribution in [2.75, 3.05) is 27.3 Å². The fourth-order valence-electron chi connectivity index (χ4n) is 2.43. The molecule has 18 heavy (non-hydrogen) atoms. The van der Waals surface area contributed by atoms with Gasteiger partial charge in [0.05, 0.1) is 12.1 Å². The molecule has 0 rings (SSSR count). The van der Waals surface area contributed by atoms with Crippen LogP contribution in [0.5, 0.6) is 0 Å². The van der Waals surface area contributed by atoms with Gasteiger partial charge in [0, 0.05) is 19.2 Å². The summed E-state index contributed by atoms with van der Waals surface area (Å²) in [6.07, 6.45) is 0.681. The molecule has 0 spiro atoms. The van der Waals surface area contributed by atoms with Gasteiger partial charge in [-0.15, -0.1) is 0 Å². The van der Waals surface area contributed by atoms with Crippen molar-refractivity contribution in [3.05, 3.63) is 0 Å². The summed E-state index contributed by atoms with van der Waals surface area (Å²) >= 11 is 0. The van der Waals surface area contributed by atoms with Gasteiger partial charge in [-0.25, -0.2) is 0 Å². The average molecular weight is 259 g/mol. The van der Waals surface area contributed by atoms with Crippen LogP contribution in [0.1, 0.15) is 34.1 Å². The summed E-state index contributed by atoms with van der Waals surface area (Å²) in [5.41, 5.74) is 4.79. The molecule has 3 atom stereocenters. The molecule has 0 aromatic heterocycles. The van der Waals surface area contributed by atoms with E-state index < -0.39 is 5.54 Å². The Labute approximate surface area is 111 Å². The van der Waals surface area contributed by atoms with Crippen LogP contribution in [0, 0.1) is 0 Å². The van der Waals surface area contributed by atoms with Crippen LogP contribution >= 0.6 is 0 Å². The van der Waals surface area contributed by atoms with Crippen molar-refractivity contribution in [2.45, 2.75) is 51.7 Å². The second-order valence-electron chi connectivity index (χ2n) is 5.13. The van der Waals surface area contributed by atoms with E-state index in [0.29, 0.717) is 19.1 Å². The van der Waals surface area contributed by atoms with Gasteiger partial charge in [-0.05, 0) is 40.8 Å². The van der Waals surface area contributed by atoms with Crippen molar-refractivity contribution >= 4 is 5.91 Å². The molecule has 5 heteroatoms. The average Bonchev–Trinajstić information content (AvgIpc) is 2.29. The summed E-state index contributed by atoms with van der Waals surface area (Å²) in [6, 6.07) is 0.578. The lowest BCUT2D eigenvalue weighted by molar-refractivity contribution is -0.124. The van der Waals surface area contributed by atoms with E-state index in [2.05, 4.69) is 31.0 Å². The summed E-state index contributed by atoms with van der Waals surface area (Å²) < 4.78 is 5.19. The predicted octanol–water partition coefficient (Wildman–Crippen LogP) is 0.585. The molecule has 0 aliphatic carbocycles. The van der Waals surface area contributed by atoms with E-state index in [1.165, 1.54) is 0 Å². The van der Waals surface area contributed by atoms with Gasteiger partial charge in [0.1, 0.15) is 0 Å². The lowest BCUT2D eigenvalue weighted by atomic mass is 9.92. The maximum absolute atomic E-state index is 11.5. The Hall–Kier alpha value is -0.650. The highest BCUT2D eigenvalue weighted by molar-refractivity contribution is 5.84. The zero-order chi connectivity index (χ0) is 14.3. The van der Waals surface area contributed by atoms with Gasteiger partial charge < -0.3 is 15.8 Å². The number of hydrogen-bond acceptors (Lipinski definition) is 4. The third-order valence-corrected chi connectivity index (χ3v) is 3.70. The molecular weight excluding hydrogens is 230 g/mol. The van der Waals surface area contributed by atoms with Crippen LogP contribution in [0.15, 0.2) is 0 Å². The Bertz CT molecular complexity index is 261. The number of carbonyl (C=O) groups is 1. The fraction of sp³-hybridized carbons (Fsp3) is 0.923. The number of hydrogen-bond donors (Lipinski definition) is 2. The van der Waals surface area contributed by atoms with Crippen molar-refractivity contribution in [3.63, 3.8) is 0 Å². The van der Waals surface area contributed by atoms with Crippen LogP contribution in [0.2, 0.25) is 0 Å². The third kappa shape index (κ3) is 4.55. The maximum Gasteiger partial charge on any atom is 0.237 e. The van der Waals surface area contributed by atoms with Crippen LogP contribution in [0.4, 0.5) is 0 Å². The van der Waals surface area contributed by atoms with Crippen LogP contribution < -0.4 is 11.1 Å². The maximum atomic E-state index is 11.5. The zero-order valence-corrected chi connectivity index (χ0v) is 12.6. The van der Waals surface area contributed by atoms with E-state index in [9.17, 15) is 4.79 Å². The number of nitrogens with two attached hydrogens (primary N) is 1. The van der Waals surface area contributed by atoms with Crippen LogP contribution in [0.25, 0.3) is 0 Å². The molecule has 0 aromatic carbocycles. The fourth-order valence-corrected chi connectivity index (χ4v) is 2.43. The first-order chi connectivity index (χ1) is 8.32. The minimum Gasteiger partial charge on any atom is -0.383 e. The minimum absolute atomic E-state index is 0.255. The topological polar surface area (TPSA) is 67.6 Å². The van der Waals surface area contributed by atoms with E-state index in [-0.39, 0.29) is 11.9 Å². The highest BCUT2D eigenvalue weighted by Crippen LogP contribution is 2.17. The highest BCUT2D eigenvalue weighted by atomic mass is 16.5. The van der Waals surface area contributed by atoms with E-state index >= 15 is 0 Å². The molecule has 0 bridgehead atoms. The predicted molar refractivity (Wildman–Crippen MR) is 74.5 cm³/mol. The molecule has 0 radical (unpaired) electrons. The molecule has 0 aliphatic rings. The number of rotatable bonds is 9. The Kier molecular flexibility index (Phi) is 7.43. The van der Waals surface area contributed by atoms with Crippen molar-refractivity contribution < 1.29 is 9.53 Å². The largest absolute Gasteiger partial charge is 0.383 e. The molecule has 0 aromatic rings. The summed E-state index contributed by atoms with van der Waals surface area (Å²) in [6.45, 7) is 9.82. The first kappa shape index (κ1) is 17.4. The standard InChI is InChI=1S/C13H29N3O2/c1-7-16(11(3)9-18-6)10(2)8-13(4,15-5)12(14)17/h10-11,15H,7-9H2,1-6H3,(H2,14,17). The number of nitrogens with zero attached hydrogens (tertiary/aromatic N) is 1. The first-order valence-corrected chi connectivity index (χ1v) is 6.55. The molecule has 5 nitrogen and oxygen atoms in total. The van der Waals surface area contributed by atoms with Gasteiger partial charge in [0.15, 0.2) is 0 Å². The van der Waals surface area contributed by atoms with Gasteiger partial charge in [-0.3, -0.25) is 9.69 Å². The Morgan fingerprint density at radius 2 is 2.00 bits per heavy atom. The van der Waals surface area contributed by atoms with Crippen molar-refractivity contribution in [1.82, 2.24) is 10.2 Å². The molecular formula is C13H29N3O2. The number of likely N-dealkylation sites (N-methyl/N-ethyl adjacent to an activating group) is 2. The monoisotopic (exact) mass is 259 g/mol. The molecule has 108 valence electrons. The number of nitrogens with one attached hydrogen (secondary N) is 1. The smallest absolute Gasteiger partial charge is 0.237 e. The second kappa shape index (κ2) is 7.71. The Morgan fingerprint density at radius 1 is 1.44 bits per heavy atom. The molecule has 0 saturated carbocycles. The van der Waals surface area contributed by atoms with Gasteiger partial charge in [0.2, 0.25) is 5.91 Å². The number of ether oxygens (including phenoxy) is 1. The lowest BCUT2D eigenvalue weighted by Crippen LogP contribution is -2.56. The van der Waals surface area contributed by atoms with Gasteiger partial charge >= 0.3 is 0 Å². The number of carbonyl (C=O) groups excluding carboxylic acids is 1.